The van der Waals surface area contributed by atoms with E-state index in [1.807, 2.05) is 12.1 Å². The fourth-order valence-corrected chi connectivity index (χ4v) is 4.20. The van der Waals surface area contributed by atoms with Crippen LogP contribution in [0.3, 0.4) is 0 Å². The zero-order valence-electron chi connectivity index (χ0n) is 13.9. The summed E-state index contributed by atoms with van der Waals surface area (Å²) in [5.74, 6) is 0.615. The van der Waals surface area contributed by atoms with Gasteiger partial charge in [-0.25, -0.2) is 0 Å². The normalized spacial score (nSPS) is 21.4. The van der Waals surface area contributed by atoms with Gasteiger partial charge in [0.15, 0.2) is 0 Å². The SMILES string of the molecule is NC1Cc2ccc(C(=O)NCCC3CCc4ccccc43)cc2C1. The van der Waals surface area contributed by atoms with Gasteiger partial charge in [-0.05, 0) is 72.4 Å². The number of fused-ring (bicyclic) bond motifs is 2. The van der Waals surface area contributed by atoms with Crippen molar-refractivity contribution in [3.63, 3.8) is 0 Å². The minimum atomic E-state index is 0.0320. The Morgan fingerprint density at radius 3 is 2.83 bits per heavy atom. The zero-order chi connectivity index (χ0) is 16.5. The van der Waals surface area contributed by atoms with Crippen molar-refractivity contribution < 1.29 is 4.79 Å². The van der Waals surface area contributed by atoms with E-state index in [1.54, 1.807) is 0 Å². The number of aryl methyl sites for hydroxylation is 1. The fraction of sp³-hybridized carbons (Fsp3) is 0.381. The number of rotatable bonds is 4. The highest BCUT2D eigenvalue weighted by Crippen LogP contribution is 2.34. The van der Waals surface area contributed by atoms with E-state index in [0.717, 1.165) is 31.4 Å². The third-order valence-electron chi connectivity index (χ3n) is 5.47. The first-order chi connectivity index (χ1) is 11.7. The first kappa shape index (κ1) is 15.4. The highest BCUT2D eigenvalue weighted by Gasteiger charge is 2.22. The third-order valence-corrected chi connectivity index (χ3v) is 5.47. The van der Waals surface area contributed by atoms with Crippen LogP contribution in [0, 0.1) is 0 Å². The van der Waals surface area contributed by atoms with Crippen molar-refractivity contribution in [2.75, 3.05) is 6.54 Å². The third kappa shape index (κ3) is 2.96. The molecule has 0 saturated heterocycles. The molecule has 4 rings (SSSR count). The van der Waals surface area contributed by atoms with E-state index in [1.165, 1.54) is 35.1 Å². The molecule has 2 atom stereocenters. The summed E-state index contributed by atoms with van der Waals surface area (Å²) in [7, 11) is 0. The predicted molar refractivity (Wildman–Crippen MR) is 96.3 cm³/mol. The van der Waals surface area contributed by atoms with Gasteiger partial charge in [-0.15, -0.1) is 0 Å². The van der Waals surface area contributed by atoms with E-state index in [9.17, 15) is 4.79 Å². The Kier molecular flexibility index (Phi) is 4.11. The van der Waals surface area contributed by atoms with Gasteiger partial charge in [0.2, 0.25) is 0 Å². The highest BCUT2D eigenvalue weighted by molar-refractivity contribution is 5.94. The van der Waals surface area contributed by atoms with Gasteiger partial charge >= 0.3 is 0 Å². The molecule has 1 amide bonds. The van der Waals surface area contributed by atoms with Crippen LogP contribution in [0.25, 0.3) is 0 Å². The van der Waals surface area contributed by atoms with E-state index >= 15 is 0 Å². The topological polar surface area (TPSA) is 55.1 Å². The van der Waals surface area contributed by atoms with Crippen LogP contribution in [-0.2, 0) is 19.3 Å². The van der Waals surface area contributed by atoms with Gasteiger partial charge in [-0.3, -0.25) is 4.79 Å². The second-order valence-electron chi connectivity index (χ2n) is 7.13. The molecular formula is C21H24N2O. The Bertz CT molecular complexity index is 768. The molecule has 3 nitrogen and oxygen atoms in total. The number of hydrogen-bond donors (Lipinski definition) is 2. The molecule has 124 valence electrons. The minimum Gasteiger partial charge on any atom is -0.352 e. The van der Waals surface area contributed by atoms with Crippen molar-refractivity contribution in [2.45, 2.75) is 44.1 Å². The Morgan fingerprint density at radius 1 is 1.08 bits per heavy atom. The molecule has 2 aliphatic rings. The maximum atomic E-state index is 12.4. The summed E-state index contributed by atoms with van der Waals surface area (Å²) in [4.78, 5) is 12.4. The molecule has 0 aliphatic heterocycles. The van der Waals surface area contributed by atoms with Crippen LogP contribution < -0.4 is 11.1 Å². The first-order valence-electron chi connectivity index (χ1n) is 8.94. The molecule has 0 spiro atoms. The van der Waals surface area contributed by atoms with Crippen LogP contribution in [-0.4, -0.2) is 18.5 Å². The lowest BCUT2D eigenvalue weighted by Crippen LogP contribution is -2.25. The van der Waals surface area contributed by atoms with Gasteiger partial charge in [-0.1, -0.05) is 30.3 Å². The molecule has 24 heavy (non-hydrogen) atoms. The molecule has 0 aromatic heterocycles. The summed E-state index contributed by atoms with van der Waals surface area (Å²) in [5, 5.41) is 3.09. The quantitative estimate of drug-likeness (QED) is 0.910. The Labute approximate surface area is 143 Å². The van der Waals surface area contributed by atoms with Crippen molar-refractivity contribution in [3.05, 3.63) is 70.3 Å². The molecule has 3 N–H and O–H groups in total. The average molecular weight is 320 g/mol. The summed E-state index contributed by atoms with van der Waals surface area (Å²) in [6.07, 6.45) is 5.19. The highest BCUT2D eigenvalue weighted by atomic mass is 16.1. The minimum absolute atomic E-state index is 0.0320. The summed E-state index contributed by atoms with van der Waals surface area (Å²) < 4.78 is 0. The Morgan fingerprint density at radius 2 is 1.92 bits per heavy atom. The van der Waals surface area contributed by atoms with Crippen LogP contribution in [0.5, 0.6) is 0 Å². The van der Waals surface area contributed by atoms with E-state index in [0.29, 0.717) is 5.92 Å². The van der Waals surface area contributed by atoms with Gasteiger partial charge in [0.05, 0.1) is 0 Å². The van der Waals surface area contributed by atoms with Crippen molar-refractivity contribution >= 4 is 5.91 Å². The van der Waals surface area contributed by atoms with Crippen LogP contribution in [0.1, 0.15) is 51.4 Å². The summed E-state index contributed by atoms with van der Waals surface area (Å²) in [6, 6.07) is 14.9. The number of hydrogen-bond acceptors (Lipinski definition) is 2. The van der Waals surface area contributed by atoms with Crippen LogP contribution in [0.4, 0.5) is 0 Å². The van der Waals surface area contributed by atoms with E-state index in [-0.39, 0.29) is 11.9 Å². The molecule has 0 bridgehead atoms. The Balaban J connectivity index is 1.34. The lowest BCUT2D eigenvalue weighted by Gasteiger charge is -2.12. The van der Waals surface area contributed by atoms with Gasteiger partial charge in [0.1, 0.15) is 0 Å². The molecule has 2 aromatic rings. The van der Waals surface area contributed by atoms with E-state index < -0.39 is 0 Å². The van der Waals surface area contributed by atoms with Crippen molar-refractivity contribution in [2.24, 2.45) is 5.73 Å². The summed E-state index contributed by atoms with van der Waals surface area (Å²) >= 11 is 0. The molecule has 0 fully saturated rings. The number of carbonyl (C=O) groups excluding carboxylic acids is 1. The number of carbonyl (C=O) groups is 1. The number of nitrogens with two attached hydrogens (primary N) is 1. The molecule has 0 heterocycles. The van der Waals surface area contributed by atoms with Crippen molar-refractivity contribution in [1.29, 1.82) is 0 Å². The molecular weight excluding hydrogens is 296 g/mol. The zero-order valence-corrected chi connectivity index (χ0v) is 13.9. The van der Waals surface area contributed by atoms with Gasteiger partial charge in [0.25, 0.3) is 5.91 Å². The van der Waals surface area contributed by atoms with E-state index in [4.69, 9.17) is 5.73 Å². The lowest BCUT2D eigenvalue weighted by molar-refractivity contribution is 0.0952. The predicted octanol–water partition coefficient (Wildman–Crippen LogP) is 2.96. The van der Waals surface area contributed by atoms with Crippen molar-refractivity contribution in [1.82, 2.24) is 5.32 Å². The smallest absolute Gasteiger partial charge is 0.251 e. The maximum absolute atomic E-state index is 12.4. The van der Waals surface area contributed by atoms with Gasteiger partial charge in [0, 0.05) is 18.2 Å². The second kappa shape index (κ2) is 6.40. The average Bonchev–Trinajstić information content (AvgIpc) is 3.16. The van der Waals surface area contributed by atoms with E-state index in [2.05, 4.69) is 35.6 Å². The van der Waals surface area contributed by atoms with Crippen LogP contribution in [0.15, 0.2) is 42.5 Å². The monoisotopic (exact) mass is 320 g/mol. The summed E-state index contributed by atoms with van der Waals surface area (Å²) in [6.45, 7) is 0.731. The van der Waals surface area contributed by atoms with Gasteiger partial charge in [-0.2, -0.15) is 0 Å². The Hall–Kier alpha value is -2.13. The van der Waals surface area contributed by atoms with Crippen LogP contribution in [0.2, 0.25) is 0 Å². The number of amides is 1. The molecule has 0 radical (unpaired) electrons. The van der Waals surface area contributed by atoms with Crippen LogP contribution >= 0.6 is 0 Å². The summed E-state index contributed by atoms with van der Waals surface area (Å²) in [5.41, 5.74) is 12.2. The second-order valence-corrected chi connectivity index (χ2v) is 7.13. The molecule has 2 aromatic carbocycles. The fourth-order valence-electron chi connectivity index (χ4n) is 4.20. The molecule has 2 unspecified atom stereocenters. The molecule has 2 aliphatic carbocycles. The van der Waals surface area contributed by atoms with Crippen molar-refractivity contribution in [3.8, 4) is 0 Å². The number of nitrogens with one attached hydrogen (secondary N) is 1. The lowest BCUT2D eigenvalue weighted by atomic mass is 9.98. The number of benzene rings is 2. The molecule has 0 saturated carbocycles. The first-order valence-corrected chi connectivity index (χ1v) is 8.94. The molecule has 3 heteroatoms. The standard InChI is InChI=1S/C21H24N2O/c22-19-12-16-7-8-17(11-18(16)13-19)21(24)23-10-9-15-6-5-14-3-1-2-4-20(14)15/h1-4,7-8,11,15,19H,5-6,9-10,12-13,22H2,(H,23,24). The largest absolute Gasteiger partial charge is 0.352 e. The maximum Gasteiger partial charge on any atom is 0.251 e. The van der Waals surface area contributed by atoms with Gasteiger partial charge < -0.3 is 11.1 Å².